The summed E-state index contributed by atoms with van der Waals surface area (Å²) in [6.07, 6.45) is 11.2. The van der Waals surface area contributed by atoms with Crippen LogP contribution < -0.4 is 10.1 Å². The summed E-state index contributed by atoms with van der Waals surface area (Å²) in [6.45, 7) is 1.51. The van der Waals surface area contributed by atoms with E-state index in [1.165, 1.54) is 18.5 Å². The first-order valence-corrected chi connectivity index (χ1v) is 11.5. The molecule has 160 valence electrons. The Hall–Kier alpha value is -2.30. The molecule has 1 aromatic rings. The average Bonchev–Trinajstić information content (AvgIpc) is 3.69. The highest BCUT2D eigenvalue weighted by Crippen LogP contribution is 2.50. The van der Waals surface area contributed by atoms with Crippen molar-refractivity contribution in [3.8, 4) is 5.75 Å². The first-order chi connectivity index (χ1) is 14.6. The van der Waals surface area contributed by atoms with E-state index >= 15 is 0 Å². The van der Waals surface area contributed by atoms with Crippen LogP contribution in [0.5, 0.6) is 5.75 Å². The Labute approximate surface area is 178 Å². The maximum Gasteiger partial charge on any atom is 0.230 e. The minimum atomic E-state index is -0.389. The van der Waals surface area contributed by atoms with E-state index in [2.05, 4.69) is 16.3 Å². The third kappa shape index (κ3) is 3.42. The lowest BCUT2D eigenvalue weighted by Gasteiger charge is -2.47. The SMILES string of the molecule is COc1ccc(C2(C(=O)NCC34CCCC=C3N(CC3CC3)C(=O)CC4)CC2)cc1. The normalized spacial score (nSPS) is 27.2. The van der Waals surface area contributed by atoms with Gasteiger partial charge in [-0.25, -0.2) is 0 Å². The fourth-order valence-electron chi connectivity index (χ4n) is 5.42. The molecular weight excluding hydrogens is 376 g/mol. The van der Waals surface area contributed by atoms with Crippen molar-refractivity contribution in [3.05, 3.63) is 41.6 Å². The van der Waals surface area contributed by atoms with Gasteiger partial charge >= 0.3 is 0 Å². The Bertz CT molecular complexity index is 867. The minimum Gasteiger partial charge on any atom is -0.497 e. The molecule has 0 radical (unpaired) electrons. The van der Waals surface area contributed by atoms with Crippen molar-refractivity contribution in [1.82, 2.24) is 10.2 Å². The van der Waals surface area contributed by atoms with Gasteiger partial charge in [0.15, 0.2) is 0 Å². The zero-order valence-electron chi connectivity index (χ0n) is 17.9. The van der Waals surface area contributed by atoms with Crippen LogP contribution in [0.25, 0.3) is 0 Å². The quantitative estimate of drug-likeness (QED) is 0.744. The number of allylic oxidation sites excluding steroid dienone is 1. The van der Waals surface area contributed by atoms with Gasteiger partial charge < -0.3 is 15.0 Å². The van der Waals surface area contributed by atoms with Gasteiger partial charge in [0.2, 0.25) is 11.8 Å². The topological polar surface area (TPSA) is 58.6 Å². The summed E-state index contributed by atoms with van der Waals surface area (Å²) in [4.78, 5) is 28.0. The number of hydrogen-bond acceptors (Lipinski definition) is 3. The van der Waals surface area contributed by atoms with Crippen molar-refractivity contribution in [3.63, 3.8) is 0 Å². The standard InChI is InChI=1S/C25H32N2O3/c1-30-20-9-7-19(8-10-20)25(14-15-25)23(29)26-17-24-12-3-2-4-21(24)27(16-18-5-6-18)22(28)11-13-24/h4,7-10,18H,2-3,5-6,11-17H2,1H3,(H,26,29). The zero-order valence-corrected chi connectivity index (χ0v) is 17.9. The average molecular weight is 409 g/mol. The van der Waals surface area contributed by atoms with Crippen LogP contribution in [0.1, 0.15) is 63.4 Å². The van der Waals surface area contributed by atoms with Crippen LogP contribution in [0.15, 0.2) is 36.0 Å². The Morgan fingerprint density at radius 3 is 2.60 bits per heavy atom. The Morgan fingerprint density at radius 2 is 1.93 bits per heavy atom. The van der Waals surface area contributed by atoms with Crippen LogP contribution in [0.4, 0.5) is 0 Å². The van der Waals surface area contributed by atoms with Crippen LogP contribution in [0.3, 0.4) is 0 Å². The van der Waals surface area contributed by atoms with Crippen LogP contribution in [0.2, 0.25) is 0 Å². The van der Waals surface area contributed by atoms with E-state index in [9.17, 15) is 9.59 Å². The second-order valence-corrected chi connectivity index (χ2v) is 9.70. The summed E-state index contributed by atoms with van der Waals surface area (Å²) in [5.41, 5.74) is 1.81. The molecule has 5 nitrogen and oxygen atoms in total. The number of carbonyl (C=O) groups excluding carboxylic acids is 2. The highest BCUT2D eigenvalue weighted by molar-refractivity contribution is 5.91. The molecule has 1 aromatic carbocycles. The fraction of sp³-hybridized carbons (Fsp3) is 0.600. The van der Waals surface area contributed by atoms with E-state index in [-0.39, 0.29) is 22.6 Å². The van der Waals surface area contributed by atoms with E-state index in [0.717, 1.165) is 56.4 Å². The van der Waals surface area contributed by atoms with Crippen molar-refractivity contribution in [2.24, 2.45) is 11.3 Å². The smallest absolute Gasteiger partial charge is 0.230 e. The fourth-order valence-corrected chi connectivity index (χ4v) is 5.42. The van der Waals surface area contributed by atoms with E-state index in [1.807, 2.05) is 24.3 Å². The second-order valence-electron chi connectivity index (χ2n) is 9.70. The van der Waals surface area contributed by atoms with E-state index in [0.29, 0.717) is 18.9 Å². The molecular formula is C25H32N2O3. The molecule has 1 N–H and O–H groups in total. The third-order valence-corrected chi connectivity index (χ3v) is 7.70. The molecule has 5 rings (SSSR count). The maximum absolute atomic E-state index is 13.3. The number of nitrogens with zero attached hydrogens (tertiary/aromatic N) is 1. The van der Waals surface area contributed by atoms with Gasteiger partial charge in [-0.3, -0.25) is 9.59 Å². The van der Waals surface area contributed by atoms with Crippen molar-refractivity contribution < 1.29 is 14.3 Å². The summed E-state index contributed by atoms with van der Waals surface area (Å²) in [5.74, 6) is 1.90. The number of fused-ring (bicyclic) bond motifs is 1. The Balaban J connectivity index is 1.31. The molecule has 1 atom stereocenters. The molecule has 1 aliphatic heterocycles. The van der Waals surface area contributed by atoms with Gasteiger partial charge in [0, 0.05) is 30.6 Å². The zero-order chi connectivity index (χ0) is 20.8. The number of benzene rings is 1. The molecule has 1 heterocycles. The predicted octanol–water partition coefficient (Wildman–Crippen LogP) is 3.93. The summed E-state index contributed by atoms with van der Waals surface area (Å²) in [7, 11) is 1.66. The maximum atomic E-state index is 13.3. The second kappa shape index (κ2) is 7.44. The van der Waals surface area contributed by atoms with Crippen molar-refractivity contribution >= 4 is 11.8 Å². The number of rotatable bonds is 7. The van der Waals surface area contributed by atoms with Crippen LogP contribution >= 0.6 is 0 Å². The van der Waals surface area contributed by atoms with Crippen molar-refractivity contribution in [2.75, 3.05) is 20.2 Å². The highest BCUT2D eigenvalue weighted by atomic mass is 16.5. The van der Waals surface area contributed by atoms with E-state index < -0.39 is 0 Å². The van der Waals surface area contributed by atoms with Gasteiger partial charge in [-0.15, -0.1) is 0 Å². The summed E-state index contributed by atoms with van der Waals surface area (Å²) >= 11 is 0. The number of ether oxygens (including phenoxy) is 1. The molecule has 3 fully saturated rings. The van der Waals surface area contributed by atoms with Crippen LogP contribution in [-0.4, -0.2) is 36.9 Å². The van der Waals surface area contributed by atoms with Crippen molar-refractivity contribution in [1.29, 1.82) is 0 Å². The number of likely N-dealkylation sites (tertiary alicyclic amines) is 1. The molecule has 2 amide bonds. The summed E-state index contributed by atoms with van der Waals surface area (Å²) < 4.78 is 5.26. The lowest BCUT2D eigenvalue weighted by Crippen LogP contribution is -2.52. The monoisotopic (exact) mass is 408 g/mol. The summed E-state index contributed by atoms with van der Waals surface area (Å²) in [5, 5.41) is 3.33. The van der Waals surface area contributed by atoms with Gasteiger partial charge in [-0.2, -0.15) is 0 Å². The first kappa shape index (κ1) is 19.7. The number of hydrogen-bond donors (Lipinski definition) is 1. The third-order valence-electron chi connectivity index (χ3n) is 7.70. The Morgan fingerprint density at radius 1 is 1.17 bits per heavy atom. The number of amides is 2. The first-order valence-electron chi connectivity index (χ1n) is 11.5. The molecule has 5 heteroatoms. The number of nitrogens with one attached hydrogen (secondary N) is 1. The van der Waals surface area contributed by atoms with Crippen molar-refractivity contribution in [2.45, 2.75) is 63.2 Å². The van der Waals surface area contributed by atoms with E-state index in [1.54, 1.807) is 7.11 Å². The van der Waals surface area contributed by atoms with Gasteiger partial charge in [0.05, 0.1) is 12.5 Å². The van der Waals surface area contributed by atoms with Crippen LogP contribution in [-0.2, 0) is 15.0 Å². The molecule has 3 aliphatic carbocycles. The molecule has 2 saturated carbocycles. The van der Waals surface area contributed by atoms with E-state index in [4.69, 9.17) is 4.74 Å². The molecule has 30 heavy (non-hydrogen) atoms. The largest absolute Gasteiger partial charge is 0.497 e. The van der Waals surface area contributed by atoms with Gasteiger partial charge in [0.25, 0.3) is 0 Å². The number of carbonyl (C=O) groups is 2. The number of piperidine rings is 1. The Kier molecular flexibility index (Phi) is 4.87. The molecule has 1 saturated heterocycles. The van der Waals surface area contributed by atoms with Crippen LogP contribution in [0, 0.1) is 11.3 Å². The molecule has 0 spiro atoms. The molecule has 1 unspecified atom stereocenters. The predicted molar refractivity (Wildman–Crippen MR) is 115 cm³/mol. The highest BCUT2D eigenvalue weighted by Gasteiger charge is 2.52. The lowest BCUT2D eigenvalue weighted by atomic mass is 9.69. The minimum absolute atomic E-state index is 0.0767. The van der Waals surface area contributed by atoms with Gasteiger partial charge in [0.1, 0.15) is 5.75 Å². The molecule has 0 bridgehead atoms. The van der Waals surface area contributed by atoms with Gasteiger partial charge in [-0.1, -0.05) is 18.2 Å². The molecule has 4 aliphatic rings. The lowest BCUT2D eigenvalue weighted by molar-refractivity contribution is -0.134. The summed E-state index contributed by atoms with van der Waals surface area (Å²) in [6, 6.07) is 7.91. The molecule has 0 aromatic heterocycles. The number of methoxy groups -OCH3 is 1. The van der Waals surface area contributed by atoms with Gasteiger partial charge in [-0.05, 0) is 75.0 Å².